The molecule has 0 spiro atoms. The minimum atomic E-state index is -1.03. The quantitative estimate of drug-likeness (QED) is 0.687. The first-order valence-electron chi connectivity index (χ1n) is 5.28. The third-order valence-corrected chi connectivity index (χ3v) is 4.09. The number of halogens is 2. The van der Waals surface area contributed by atoms with Gasteiger partial charge in [0.2, 0.25) is 0 Å². The predicted octanol–water partition coefficient (Wildman–Crippen LogP) is 3.74. The van der Waals surface area contributed by atoms with Crippen molar-refractivity contribution < 1.29 is 9.90 Å². The first-order valence-corrected chi connectivity index (χ1v) is 6.87. The number of carboxylic acids is 1. The van der Waals surface area contributed by atoms with E-state index in [1.165, 1.54) is 6.07 Å². The molecule has 0 saturated heterocycles. The second-order valence-electron chi connectivity index (χ2n) is 3.93. The van der Waals surface area contributed by atoms with Crippen LogP contribution in [0.15, 0.2) is 39.3 Å². The van der Waals surface area contributed by atoms with Crippen molar-refractivity contribution in [1.82, 2.24) is 0 Å². The Kier molecular flexibility index (Phi) is 3.82. The summed E-state index contributed by atoms with van der Waals surface area (Å²) in [4.78, 5) is 11.3. The van der Waals surface area contributed by atoms with Crippen LogP contribution < -0.4 is 11.5 Å². The van der Waals surface area contributed by atoms with Crippen molar-refractivity contribution in [3.05, 3.63) is 44.8 Å². The van der Waals surface area contributed by atoms with Gasteiger partial charge in [0.15, 0.2) is 0 Å². The Balaban J connectivity index is 2.75. The molecule has 2 aromatic rings. The molecule has 19 heavy (non-hydrogen) atoms. The highest BCUT2D eigenvalue weighted by Gasteiger charge is 2.17. The molecule has 2 rings (SSSR count). The standard InChI is InChI=1S/C13H10Br2N2O2/c14-8-3-2-7(13(18)19)11(12(8)17)6-1-4-10(16)9(15)5-6/h1-5H,16-17H2,(H,18,19). The summed E-state index contributed by atoms with van der Waals surface area (Å²) in [6.07, 6.45) is 0. The fraction of sp³-hybridized carbons (Fsp3) is 0. The topological polar surface area (TPSA) is 89.3 Å². The average molecular weight is 386 g/mol. The van der Waals surface area contributed by atoms with Gasteiger partial charge in [-0.05, 0) is 61.7 Å². The smallest absolute Gasteiger partial charge is 0.336 e. The van der Waals surface area contributed by atoms with Crippen LogP contribution in [0.4, 0.5) is 11.4 Å². The summed E-state index contributed by atoms with van der Waals surface area (Å²) in [6.45, 7) is 0. The summed E-state index contributed by atoms with van der Waals surface area (Å²) >= 11 is 6.63. The zero-order valence-corrected chi connectivity index (χ0v) is 12.8. The number of aromatic carboxylic acids is 1. The van der Waals surface area contributed by atoms with E-state index in [0.29, 0.717) is 31.4 Å². The molecular weight excluding hydrogens is 376 g/mol. The maximum absolute atomic E-state index is 11.3. The highest BCUT2D eigenvalue weighted by molar-refractivity contribution is 9.11. The van der Waals surface area contributed by atoms with Gasteiger partial charge in [-0.3, -0.25) is 0 Å². The van der Waals surface area contributed by atoms with Crippen LogP contribution >= 0.6 is 31.9 Å². The Bertz CT molecular complexity index is 672. The summed E-state index contributed by atoms with van der Waals surface area (Å²) in [6, 6.07) is 8.33. The lowest BCUT2D eigenvalue weighted by Crippen LogP contribution is -2.03. The lowest BCUT2D eigenvalue weighted by atomic mass is 9.97. The van der Waals surface area contributed by atoms with Crippen molar-refractivity contribution in [2.75, 3.05) is 11.5 Å². The van der Waals surface area contributed by atoms with Gasteiger partial charge in [-0.2, -0.15) is 0 Å². The summed E-state index contributed by atoms with van der Waals surface area (Å²) in [5.74, 6) is -1.03. The molecular formula is C13H10Br2N2O2. The zero-order valence-electron chi connectivity index (χ0n) is 9.65. The second kappa shape index (κ2) is 5.22. The fourth-order valence-corrected chi connectivity index (χ4v) is 2.48. The van der Waals surface area contributed by atoms with Crippen LogP contribution in [0.3, 0.4) is 0 Å². The number of anilines is 2. The van der Waals surface area contributed by atoms with Crippen LogP contribution in [0.25, 0.3) is 11.1 Å². The van der Waals surface area contributed by atoms with Crippen molar-refractivity contribution in [3.63, 3.8) is 0 Å². The molecule has 0 atom stereocenters. The van der Waals surface area contributed by atoms with Crippen molar-refractivity contribution in [3.8, 4) is 11.1 Å². The van der Waals surface area contributed by atoms with Crippen LogP contribution in [0.2, 0.25) is 0 Å². The number of carbonyl (C=O) groups is 1. The van der Waals surface area contributed by atoms with E-state index in [1.807, 2.05) is 0 Å². The molecule has 4 nitrogen and oxygen atoms in total. The van der Waals surface area contributed by atoms with Gasteiger partial charge >= 0.3 is 5.97 Å². The van der Waals surface area contributed by atoms with Crippen molar-refractivity contribution in [2.24, 2.45) is 0 Å². The highest BCUT2D eigenvalue weighted by atomic mass is 79.9. The molecule has 2 aromatic carbocycles. The molecule has 0 saturated carbocycles. The second-order valence-corrected chi connectivity index (χ2v) is 5.63. The van der Waals surface area contributed by atoms with Crippen LogP contribution in [0.1, 0.15) is 10.4 Å². The van der Waals surface area contributed by atoms with E-state index in [-0.39, 0.29) is 5.56 Å². The molecule has 0 radical (unpaired) electrons. The third kappa shape index (κ3) is 2.59. The predicted molar refractivity (Wildman–Crippen MR) is 83.1 cm³/mol. The average Bonchev–Trinajstić information content (AvgIpc) is 2.35. The molecule has 0 amide bonds. The third-order valence-electron chi connectivity index (χ3n) is 2.71. The Morgan fingerprint density at radius 3 is 2.32 bits per heavy atom. The van der Waals surface area contributed by atoms with E-state index in [1.54, 1.807) is 24.3 Å². The van der Waals surface area contributed by atoms with E-state index < -0.39 is 5.97 Å². The van der Waals surface area contributed by atoms with E-state index in [0.717, 1.165) is 0 Å². The molecule has 98 valence electrons. The van der Waals surface area contributed by atoms with Gasteiger partial charge in [0.05, 0.1) is 11.3 Å². The number of rotatable bonds is 2. The van der Waals surface area contributed by atoms with Gasteiger partial charge in [0.25, 0.3) is 0 Å². The molecule has 0 fully saturated rings. The molecule has 0 aliphatic carbocycles. The molecule has 0 aliphatic heterocycles. The summed E-state index contributed by atoms with van der Waals surface area (Å²) < 4.78 is 1.35. The van der Waals surface area contributed by atoms with E-state index in [9.17, 15) is 9.90 Å². The lowest BCUT2D eigenvalue weighted by molar-refractivity contribution is 0.0698. The number of hydrogen-bond donors (Lipinski definition) is 3. The van der Waals surface area contributed by atoms with Gasteiger partial charge in [0.1, 0.15) is 0 Å². The number of nitrogens with two attached hydrogens (primary N) is 2. The molecule has 5 N–H and O–H groups in total. The Morgan fingerprint density at radius 2 is 1.74 bits per heavy atom. The van der Waals surface area contributed by atoms with Gasteiger partial charge in [-0.15, -0.1) is 0 Å². The zero-order chi connectivity index (χ0) is 14.2. The Labute approximate surface area is 126 Å². The monoisotopic (exact) mass is 384 g/mol. The van der Waals surface area contributed by atoms with Crippen LogP contribution in [-0.4, -0.2) is 11.1 Å². The first kappa shape index (κ1) is 13.9. The molecule has 0 aromatic heterocycles. The molecule has 0 bridgehead atoms. The highest BCUT2D eigenvalue weighted by Crippen LogP contribution is 2.37. The Morgan fingerprint density at radius 1 is 1.05 bits per heavy atom. The molecule has 6 heteroatoms. The summed E-state index contributed by atoms with van der Waals surface area (Å²) in [5, 5.41) is 9.26. The first-order chi connectivity index (χ1) is 8.91. The maximum Gasteiger partial charge on any atom is 0.336 e. The lowest BCUT2D eigenvalue weighted by Gasteiger charge is -2.12. The minimum Gasteiger partial charge on any atom is -0.478 e. The minimum absolute atomic E-state index is 0.150. The largest absolute Gasteiger partial charge is 0.478 e. The SMILES string of the molecule is Nc1ccc(-c2c(C(=O)O)ccc(Br)c2N)cc1Br. The molecule has 0 aliphatic rings. The van der Waals surface area contributed by atoms with E-state index in [2.05, 4.69) is 31.9 Å². The van der Waals surface area contributed by atoms with Gasteiger partial charge in [0, 0.05) is 20.2 Å². The van der Waals surface area contributed by atoms with Crippen molar-refractivity contribution in [1.29, 1.82) is 0 Å². The number of benzene rings is 2. The van der Waals surface area contributed by atoms with Crippen LogP contribution in [0, 0.1) is 0 Å². The van der Waals surface area contributed by atoms with Gasteiger partial charge in [-0.1, -0.05) is 6.07 Å². The maximum atomic E-state index is 11.3. The van der Waals surface area contributed by atoms with Crippen molar-refractivity contribution >= 4 is 49.2 Å². The number of hydrogen-bond acceptors (Lipinski definition) is 3. The van der Waals surface area contributed by atoms with Gasteiger partial charge < -0.3 is 16.6 Å². The van der Waals surface area contributed by atoms with E-state index in [4.69, 9.17) is 11.5 Å². The van der Waals surface area contributed by atoms with Crippen LogP contribution in [0.5, 0.6) is 0 Å². The van der Waals surface area contributed by atoms with Crippen LogP contribution in [-0.2, 0) is 0 Å². The summed E-state index contributed by atoms with van der Waals surface area (Å²) in [5.41, 5.74) is 14.0. The van der Waals surface area contributed by atoms with E-state index >= 15 is 0 Å². The Hall–Kier alpha value is -1.53. The number of carboxylic acid groups (broad SMARTS) is 1. The summed E-state index contributed by atoms with van der Waals surface area (Å²) in [7, 11) is 0. The van der Waals surface area contributed by atoms with Crippen molar-refractivity contribution in [2.45, 2.75) is 0 Å². The molecule has 0 heterocycles. The molecule has 0 unspecified atom stereocenters. The normalized spacial score (nSPS) is 10.4. The fourth-order valence-electron chi connectivity index (χ4n) is 1.77. The number of nitrogen functional groups attached to an aromatic ring is 2. The van der Waals surface area contributed by atoms with Gasteiger partial charge in [-0.25, -0.2) is 4.79 Å².